The molecule has 2 amide bonds. The van der Waals surface area contributed by atoms with E-state index < -0.39 is 10.0 Å². The summed E-state index contributed by atoms with van der Waals surface area (Å²) in [4.78, 5) is 12.0. The molecular weight excluding hydrogens is 302 g/mol. The Morgan fingerprint density at radius 1 is 1.27 bits per heavy atom. The quantitative estimate of drug-likeness (QED) is 0.871. The second-order valence-electron chi connectivity index (χ2n) is 5.87. The van der Waals surface area contributed by atoms with E-state index in [4.69, 9.17) is 0 Å². The first-order valence-electron chi connectivity index (χ1n) is 7.54. The van der Waals surface area contributed by atoms with Crippen LogP contribution in [0.3, 0.4) is 0 Å². The van der Waals surface area contributed by atoms with Gasteiger partial charge in [0.1, 0.15) is 0 Å². The minimum Gasteiger partial charge on any atom is -0.338 e. The van der Waals surface area contributed by atoms with Crippen LogP contribution in [0.15, 0.2) is 29.2 Å². The van der Waals surface area contributed by atoms with Gasteiger partial charge in [0.2, 0.25) is 10.0 Å². The third kappa shape index (κ3) is 4.20. The third-order valence-corrected chi connectivity index (χ3v) is 5.36. The predicted molar refractivity (Wildman–Crippen MR) is 86.3 cm³/mol. The van der Waals surface area contributed by atoms with E-state index >= 15 is 0 Å². The molecule has 7 heteroatoms. The first-order valence-corrected chi connectivity index (χ1v) is 8.98. The van der Waals surface area contributed by atoms with E-state index in [1.54, 1.807) is 18.2 Å². The first kappa shape index (κ1) is 16.8. The van der Waals surface area contributed by atoms with Crippen LogP contribution < -0.4 is 10.6 Å². The predicted octanol–water partition coefficient (Wildman–Crippen LogP) is 2.25. The molecule has 0 radical (unpaired) electrons. The highest BCUT2D eigenvalue weighted by Crippen LogP contribution is 2.23. The largest absolute Gasteiger partial charge is 0.338 e. The number of nitrogens with zero attached hydrogens (tertiary/aromatic N) is 1. The molecule has 6 nitrogen and oxygen atoms in total. The molecule has 2 N–H and O–H groups in total. The number of rotatable bonds is 5. The average molecular weight is 325 g/mol. The first-order chi connectivity index (χ1) is 10.4. The number of hydrogen-bond acceptors (Lipinski definition) is 3. The highest BCUT2D eigenvalue weighted by molar-refractivity contribution is 7.89. The van der Waals surface area contributed by atoms with Crippen molar-refractivity contribution in [3.05, 3.63) is 24.3 Å². The van der Waals surface area contributed by atoms with E-state index in [-0.39, 0.29) is 10.9 Å². The van der Waals surface area contributed by atoms with Gasteiger partial charge in [0.05, 0.1) is 4.90 Å². The van der Waals surface area contributed by atoms with E-state index in [0.717, 1.165) is 12.8 Å². The van der Waals surface area contributed by atoms with Gasteiger partial charge in [-0.2, -0.15) is 4.31 Å². The Kier molecular flexibility index (Phi) is 5.42. The summed E-state index contributed by atoms with van der Waals surface area (Å²) in [5.74, 6) is 0.354. The summed E-state index contributed by atoms with van der Waals surface area (Å²) in [5.41, 5.74) is 0.474. The molecule has 1 aliphatic heterocycles. The molecule has 1 aromatic carbocycles. The summed E-state index contributed by atoms with van der Waals surface area (Å²) in [7, 11) is -3.46. The fourth-order valence-corrected chi connectivity index (χ4v) is 3.85. The maximum absolute atomic E-state index is 12.5. The van der Waals surface area contributed by atoms with E-state index in [0.29, 0.717) is 31.2 Å². The smallest absolute Gasteiger partial charge is 0.319 e. The summed E-state index contributed by atoms with van der Waals surface area (Å²) < 4.78 is 26.5. The Balaban J connectivity index is 2.08. The number of nitrogens with one attached hydrogen (secondary N) is 2. The van der Waals surface area contributed by atoms with Crippen LogP contribution >= 0.6 is 0 Å². The van der Waals surface area contributed by atoms with Crippen LogP contribution in [0.1, 0.15) is 26.7 Å². The maximum atomic E-state index is 12.5. The monoisotopic (exact) mass is 325 g/mol. The highest BCUT2D eigenvalue weighted by atomic mass is 32.2. The van der Waals surface area contributed by atoms with Crippen molar-refractivity contribution < 1.29 is 13.2 Å². The number of carbonyl (C=O) groups is 1. The Morgan fingerprint density at radius 2 is 1.95 bits per heavy atom. The second kappa shape index (κ2) is 7.11. The van der Waals surface area contributed by atoms with Crippen LogP contribution in [0.4, 0.5) is 10.5 Å². The number of hydrogen-bond donors (Lipinski definition) is 2. The molecule has 0 unspecified atom stereocenters. The zero-order chi connectivity index (χ0) is 16.2. The standard InChI is InChI=1S/C15H23N3O3S/c1-12(2)11-16-15(19)17-13-6-5-7-14(10-13)22(20,21)18-8-3-4-9-18/h5-7,10,12H,3-4,8-9,11H2,1-2H3,(H2,16,17,19). The number of carbonyl (C=O) groups excluding carboxylic acids is 1. The molecule has 0 aliphatic carbocycles. The molecule has 122 valence electrons. The molecule has 0 bridgehead atoms. The Hall–Kier alpha value is -1.60. The van der Waals surface area contributed by atoms with Gasteiger partial charge in [-0.25, -0.2) is 13.2 Å². The minimum atomic E-state index is -3.46. The molecule has 0 atom stereocenters. The van der Waals surface area contributed by atoms with Crippen molar-refractivity contribution in [3.63, 3.8) is 0 Å². The molecule has 0 aromatic heterocycles. The van der Waals surface area contributed by atoms with Gasteiger partial charge in [0.15, 0.2) is 0 Å². The van der Waals surface area contributed by atoms with Gasteiger partial charge in [0, 0.05) is 25.3 Å². The zero-order valence-electron chi connectivity index (χ0n) is 13.0. The van der Waals surface area contributed by atoms with E-state index in [1.807, 2.05) is 13.8 Å². The zero-order valence-corrected chi connectivity index (χ0v) is 13.8. The topological polar surface area (TPSA) is 78.5 Å². The van der Waals surface area contributed by atoms with Gasteiger partial charge < -0.3 is 10.6 Å². The Bertz CT molecular complexity index is 623. The molecule has 1 aromatic rings. The lowest BCUT2D eigenvalue weighted by Gasteiger charge is -2.16. The van der Waals surface area contributed by atoms with Crippen molar-refractivity contribution >= 4 is 21.7 Å². The number of amides is 2. The number of anilines is 1. The summed E-state index contributed by atoms with van der Waals surface area (Å²) in [6.07, 6.45) is 1.80. The average Bonchev–Trinajstić information content (AvgIpc) is 3.00. The molecule has 1 heterocycles. The molecule has 0 spiro atoms. The third-order valence-electron chi connectivity index (χ3n) is 3.47. The summed E-state index contributed by atoms with van der Waals surface area (Å²) in [6, 6.07) is 6.05. The van der Waals surface area contributed by atoms with Gasteiger partial charge >= 0.3 is 6.03 Å². The lowest BCUT2D eigenvalue weighted by molar-refractivity contribution is 0.251. The van der Waals surface area contributed by atoms with Crippen molar-refractivity contribution in [1.82, 2.24) is 9.62 Å². The molecular formula is C15H23N3O3S. The molecule has 1 saturated heterocycles. The van der Waals surface area contributed by atoms with Gasteiger partial charge in [-0.3, -0.25) is 0 Å². The van der Waals surface area contributed by atoms with Crippen LogP contribution in [0, 0.1) is 5.92 Å². The number of benzene rings is 1. The fourth-order valence-electron chi connectivity index (χ4n) is 2.28. The van der Waals surface area contributed by atoms with Crippen molar-refractivity contribution in [1.29, 1.82) is 0 Å². The van der Waals surface area contributed by atoms with Gasteiger partial charge in [-0.1, -0.05) is 19.9 Å². The summed E-state index contributed by atoms with van der Waals surface area (Å²) in [5, 5.41) is 5.40. The highest BCUT2D eigenvalue weighted by Gasteiger charge is 2.27. The molecule has 2 rings (SSSR count). The van der Waals surface area contributed by atoms with Crippen LogP contribution in [0.25, 0.3) is 0 Å². The lowest BCUT2D eigenvalue weighted by atomic mass is 10.2. The van der Waals surface area contributed by atoms with Crippen LogP contribution in [-0.4, -0.2) is 38.4 Å². The van der Waals surface area contributed by atoms with E-state index in [2.05, 4.69) is 10.6 Å². The Labute approximate surface area is 131 Å². The lowest BCUT2D eigenvalue weighted by Crippen LogP contribution is -2.32. The SMILES string of the molecule is CC(C)CNC(=O)Nc1cccc(S(=O)(=O)N2CCCC2)c1. The Morgan fingerprint density at radius 3 is 2.59 bits per heavy atom. The number of urea groups is 1. The van der Waals surface area contributed by atoms with Crippen LogP contribution in [-0.2, 0) is 10.0 Å². The summed E-state index contributed by atoms with van der Waals surface area (Å²) >= 11 is 0. The van der Waals surface area contributed by atoms with Crippen molar-refractivity contribution in [2.75, 3.05) is 25.0 Å². The fraction of sp³-hybridized carbons (Fsp3) is 0.533. The van der Waals surface area contributed by atoms with E-state index in [1.165, 1.54) is 10.4 Å². The molecule has 1 fully saturated rings. The van der Waals surface area contributed by atoms with Crippen molar-refractivity contribution in [3.8, 4) is 0 Å². The van der Waals surface area contributed by atoms with Gasteiger partial charge in [-0.15, -0.1) is 0 Å². The second-order valence-corrected chi connectivity index (χ2v) is 7.81. The normalized spacial score (nSPS) is 16.0. The molecule has 1 aliphatic rings. The van der Waals surface area contributed by atoms with Crippen LogP contribution in [0.5, 0.6) is 0 Å². The van der Waals surface area contributed by atoms with E-state index in [9.17, 15) is 13.2 Å². The van der Waals surface area contributed by atoms with Crippen LogP contribution in [0.2, 0.25) is 0 Å². The van der Waals surface area contributed by atoms with Gasteiger partial charge in [-0.05, 0) is 37.0 Å². The van der Waals surface area contributed by atoms with Crippen molar-refractivity contribution in [2.45, 2.75) is 31.6 Å². The number of sulfonamides is 1. The minimum absolute atomic E-state index is 0.219. The van der Waals surface area contributed by atoms with Crippen molar-refractivity contribution in [2.24, 2.45) is 5.92 Å². The summed E-state index contributed by atoms with van der Waals surface area (Å²) in [6.45, 7) is 5.70. The van der Waals surface area contributed by atoms with Gasteiger partial charge in [0.25, 0.3) is 0 Å². The maximum Gasteiger partial charge on any atom is 0.319 e. The molecule has 22 heavy (non-hydrogen) atoms. The molecule has 0 saturated carbocycles.